The summed E-state index contributed by atoms with van der Waals surface area (Å²) >= 11 is 1.55. The quantitative estimate of drug-likeness (QED) is 0.262. The maximum Gasteiger partial charge on any atom is 0.173 e. The number of nitrogens with one attached hydrogen (secondary N) is 1. The highest BCUT2D eigenvalue weighted by molar-refractivity contribution is 7.99. The molecule has 112 valence electrons. The molecule has 0 heterocycles. The van der Waals surface area contributed by atoms with E-state index in [1.807, 2.05) is 13.2 Å². The van der Waals surface area contributed by atoms with Crippen molar-refractivity contribution in [2.24, 2.45) is 10.9 Å². The smallest absolute Gasteiger partial charge is 0.173 e. The second-order valence-corrected chi connectivity index (χ2v) is 5.47. The molecule has 5 N–H and O–H groups in total. The Bertz CT molecular complexity index is 467. The van der Waals surface area contributed by atoms with Crippen LogP contribution in [0, 0.1) is 5.82 Å². The molecule has 20 heavy (non-hydrogen) atoms. The van der Waals surface area contributed by atoms with Crippen LogP contribution < -0.4 is 11.1 Å². The first-order chi connectivity index (χ1) is 9.54. The van der Waals surface area contributed by atoms with Crippen LogP contribution >= 0.6 is 11.8 Å². The van der Waals surface area contributed by atoms with Crippen LogP contribution in [0.1, 0.15) is 18.1 Å². The standard InChI is InChI=1S/C13H20FN3O2S/c1-8(11(7-18)20-2)16-6-9-4-3-5-10(12(9)14)13(15)17-19/h3-5,8,11,16,18-19H,6-7H2,1-2H3,(H2,15,17). The fourth-order valence-electron chi connectivity index (χ4n) is 1.81. The Hall–Kier alpha value is -1.31. The number of oxime groups is 1. The van der Waals surface area contributed by atoms with Crippen molar-refractivity contribution in [2.75, 3.05) is 12.9 Å². The zero-order valence-corrected chi connectivity index (χ0v) is 12.3. The van der Waals surface area contributed by atoms with E-state index in [9.17, 15) is 9.50 Å². The highest BCUT2D eigenvalue weighted by Crippen LogP contribution is 2.15. The SMILES string of the molecule is CSC(CO)C(C)NCc1cccc(/C(N)=N/O)c1F. The van der Waals surface area contributed by atoms with Crippen LogP contribution in [-0.4, -0.2) is 40.3 Å². The van der Waals surface area contributed by atoms with Crippen LogP contribution in [0.4, 0.5) is 4.39 Å². The van der Waals surface area contributed by atoms with Crippen molar-refractivity contribution >= 4 is 17.6 Å². The van der Waals surface area contributed by atoms with E-state index in [1.54, 1.807) is 23.9 Å². The Morgan fingerprint density at radius 3 is 2.80 bits per heavy atom. The molecule has 0 aromatic heterocycles. The number of rotatable bonds is 7. The topological polar surface area (TPSA) is 90.9 Å². The molecule has 0 aliphatic heterocycles. The fraction of sp³-hybridized carbons (Fsp3) is 0.462. The van der Waals surface area contributed by atoms with Gasteiger partial charge in [-0.2, -0.15) is 11.8 Å². The number of nitrogens with two attached hydrogens (primary N) is 1. The van der Waals surface area contributed by atoms with Crippen LogP contribution in [0.3, 0.4) is 0 Å². The molecule has 0 aliphatic rings. The van der Waals surface area contributed by atoms with Gasteiger partial charge in [0.25, 0.3) is 0 Å². The first kappa shape index (κ1) is 16.7. The number of amidine groups is 1. The van der Waals surface area contributed by atoms with Crippen molar-refractivity contribution in [3.8, 4) is 0 Å². The summed E-state index contributed by atoms with van der Waals surface area (Å²) in [6.07, 6.45) is 1.92. The minimum absolute atomic E-state index is 0.0295. The molecule has 5 nitrogen and oxygen atoms in total. The van der Waals surface area contributed by atoms with Crippen molar-refractivity contribution < 1.29 is 14.7 Å². The molecule has 0 saturated carbocycles. The van der Waals surface area contributed by atoms with Crippen LogP contribution in [0.25, 0.3) is 0 Å². The second-order valence-electron chi connectivity index (χ2n) is 4.39. The van der Waals surface area contributed by atoms with E-state index >= 15 is 0 Å². The van der Waals surface area contributed by atoms with Gasteiger partial charge in [0.15, 0.2) is 5.84 Å². The lowest BCUT2D eigenvalue weighted by molar-refractivity contribution is 0.275. The van der Waals surface area contributed by atoms with Gasteiger partial charge in [0.2, 0.25) is 0 Å². The Balaban J connectivity index is 2.79. The number of aliphatic hydroxyl groups excluding tert-OH is 1. The maximum absolute atomic E-state index is 14.2. The van der Waals surface area contributed by atoms with Crippen LogP contribution in [0.5, 0.6) is 0 Å². The summed E-state index contributed by atoms with van der Waals surface area (Å²) in [5, 5.41) is 23.8. The Morgan fingerprint density at radius 1 is 1.55 bits per heavy atom. The summed E-state index contributed by atoms with van der Waals surface area (Å²) in [6, 6.07) is 4.77. The van der Waals surface area contributed by atoms with Gasteiger partial charge in [-0.25, -0.2) is 4.39 Å². The van der Waals surface area contributed by atoms with E-state index < -0.39 is 5.82 Å². The first-order valence-corrected chi connectivity index (χ1v) is 7.46. The van der Waals surface area contributed by atoms with Crippen molar-refractivity contribution in [3.63, 3.8) is 0 Å². The lowest BCUT2D eigenvalue weighted by Crippen LogP contribution is -2.37. The summed E-state index contributed by atoms with van der Waals surface area (Å²) in [7, 11) is 0. The van der Waals surface area contributed by atoms with E-state index in [4.69, 9.17) is 10.9 Å². The van der Waals surface area contributed by atoms with E-state index in [0.29, 0.717) is 12.1 Å². The molecule has 0 bridgehead atoms. The number of benzene rings is 1. The Kier molecular flexibility index (Phi) is 6.77. The third kappa shape index (κ3) is 4.09. The predicted molar refractivity (Wildman–Crippen MR) is 79.6 cm³/mol. The number of nitrogens with zero attached hydrogens (tertiary/aromatic N) is 1. The lowest BCUT2D eigenvalue weighted by Gasteiger charge is -2.21. The zero-order valence-electron chi connectivity index (χ0n) is 11.5. The molecular formula is C13H20FN3O2S. The molecule has 2 atom stereocenters. The van der Waals surface area contributed by atoms with Crippen LogP contribution in [-0.2, 0) is 6.54 Å². The highest BCUT2D eigenvalue weighted by atomic mass is 32.2. The van der Waals surface area contributed by atoms with E-state index in [0.717, 1.165) is 0 Å². The van der Waals surface area contributed by atoms with Gasteiger partial charge < -0.3 is 21.4 Å². The molecule has 0 radical (unpaired) electrons. The molecule has 2 unspecified atom stereocenters. The molecule has 7 heteroatoms. The van der Waals surface area contributed by atoms with Gasteiger partial charge in [-0.05, 0) is 19.2 Å². The number of hydrogen-bond acceptors (Lipinski definition) is 5. The predicted octanol–water partition coefficient (Wildman–Crippen LogP) is 1.12. The molecule has 0 fully saturated rings. The normalized spacial score (nSPS) is 15.1. The number of halogens is 1. The molecule has 0 aliphatic carbocycles. The van der Waals surface area contributed by atoms with Crippen LogP contribution in [0.15, 0.2) is 23.4 Å². The first-order valence-electron chi connectivity index (χ1n) is 6.17. The molecule has 1 aromatic rings. The van der Waals surface area contributed by atoms with Gasteiger partial charge in [-0.1, -0.05) is 17.3 Å². The van der Waals surface area contributed by atoms with Crippen molar-refractivity contribution in [1.82, 2.24) is 5.32 Å². The summed E-state index contributed by atoms with van der Waals surface area (Å²) < 4.78 is 14.2. The molecule has 0 saturated heterocycles. The highest BCUT2D eigenvalue weighted by Gasteiger charge is 2.16. The van der Waals surface area contributed by atoms with Gasteiger partial charge in [0, 0.05) is 23.4 Å². The van der Waals surface area contributed by atoms with E-state index in [-0.39, 0.29) is 29.3 Å². The molecule has 1 rings (SSSR count). The minimum Gasteiger partial charge on any atom is -0.409 e. The lowest BCUT2D eigenvalue weighted by atomic mass is 10.1. The van der Waals surface area contributed by atoms with E-state index in [2.05, 4.69) is 10.5 Å². The van der Waals surface area contributed by atoms with Crippen molar-refractivity contribution in [2.45, 2.75) is 24.8 Å². The molecule has 1 aromatic carbocycles. The average molecular weight is 301 g/mol. The van der Waals surface area contributed by atoms with E-state index in [1.165, 1.54) is 6.07 Å². The van der Waals surface area contributed by atoms with Gasteiger partial charge in [-0.15, -0.1) is 0 Å². The van der Waals surface area contributed by atoms with Gasteiger partial charge >= 0.3 is 0 Å². The fourth-order valence-corrected chi connectivity index (χ4v) is 2.46. The number of thioether (sulfide) groups is 1. The summed E-state index contributed by atoms with van der Waals surface area (Å²) in [4.78, 5) is 0. The third-order valence-corrected chi connectivity index (χ3v) is 4.28. The average Bonchev–Trinajstić information content (AvgIpc) is 2.46. The minimum atomic E-state index is -0.507. The summed E-state index contributed by atoms with van der Waals surface area (Å²) in [5.41, 5.74) is 5.92. The summed E-state index contributed by atoms with van der Waals surface area (Å²) in [5.74, 6) is -0.762. The number of aliphatic hydroxyl groups is 1. The zero-order chi connectivity index (χ0) is 15.1. The second kappa shape index (κ2) is 8.08. The third-order valence-electron chi connectivity index (χ3n) is 3.12. The molecular weight excluding hydrogens is 281 g/mol. The molecule has 0 spiro atoms. The molecule has 0 amide bonds. The largest absolute Gasteiger partial charge is 0.409 e. The van der Waals surface area contributed by atoms with Gasteiger partial charge in [0.05, 0.1) is 12.2 Å². The summed E-state index contributed by atoms with van der Waals surface area (Å²) in [6.45, 7) is 2.29. The van der Waals surface area contributed by atoms with Gasteiger partial charge in [-0.3, -0.25) is 0 Å². The van der Waals surface area contributed by atoms with Crippen molar-refractivity contribution in [3.05, 3.63) is 35.1 Å². The maximum atomic E-state index is 14.2. The van der Waals surface area contributed by atoms with Crippen molar-refractivity contribution in [1.29, 1.82) is 0 Å². The Labute approximate surface area is 122 Å². The number of hydrogen-bond donors (Lipinski definition) is 4. The van der Waals surface area contributed by atoms with Crippen LogP contribution in [0.2, 0.25) is 0 Å². The monoisotopic (exact) mass is 301 g/mol. The van der Waals surface area contributed by atoms with Gasteiger partial charge in [0.1, 0.15) is 5.82 Å². The Morgan fingerprint density at radius 2 is 2.25 bits per heavy atom.